The topological polar surface area (TPSA) is 96.3 Å². The van der Waals surface area contributed by atoms with Gasteiger partial charge in [-0.15, -0.1) is 0 Å². The van der Waals surface area contributed by atoms with Crippen molar-refractivity contribution < 1.29 is 45.1 Å². The molecule has 3 amide bonds. The first kappa shape index (κ1) is 39.1. The van der Waals surface area contributed by atoms with Gasteiger partial charge in [0.1, 0.15) is 17.6 Å². The second kappa shape index (κ2) is 17.5. The lowest BCUT2D eigenvalue weighted by Gasteiger charge is -2.42. The molecule has 278 valence electrons. The fourth-order valence-electron chi connectivity index (χ4n) is 7.53. The lowest BCUT2D eigenvalue weighted by molar-refractivity contribution is -0.172. The summed E-state index contributed by atoms with van der Waals surface area (Å²) in [5.41, 5.74) is -0.330. The first-order chi connectivity index (χ1) is 23.7. The van der Waals surface area contributed by atoms with Crippen LogP contribution in [0.15, 0.2) is 30.5 Å². The summed E-state index contributed by atoms with van der Waals surface area (Å²) < 4.78 is 97.4. The fraction of sp³-hybridized carbons (Fsp3) is 0.657. The van der Waals surface area contributed by atoms with Crippen LogP contribution in [0.4, 0.5) is 36.4 Å². The van der Waals surface area contributed by atoms with Crippen molar-refractivity contribution in [1.82, 2.24) is 20.0 Å². The van der Waals surface area contributed by atoms with Crippen molar-refractivity contribution in [1.29, 1.82) is 0 Å². The van der Waals surface area contributed by atoms with Gasteiger partial charge in [-0.25, -0.2) is 30.7 Å². The Hall–Kier alpha value is -3.65. The predicted molar refractivity (Wildman–Crippen MR) is 173 cm³/mol. The van der Waals surface area contributed by atoms with Gasteiger partial charge in [0.05, 0.1) is 11.6 Å². The average Bonchev–Trinajstić information content (AvgIpc) is 3.60. The van der Waals surface area contributed by atoms with Crippen LogP contribution in [0.1, 0.15) is 113 Å². The van der Waals surface area contributed by atoms with Crippen molar-refractivity contribution in [3.8, 4) is 0 Å². The van der Waals surface area contributed by atoms with Crippen molar-refractivity contribution in [2.24, 2.45) is 17.8 Å². The Bertz CT molecular complexity index is 1410. The molecule has 2 aromatic rings. The Balaban J connectivity index is 1.64. The Morgan fingerprint density at radius 2 is 1.36 bits per heavy atom. The molecule has 1 heterocycles. The van der Waals surface area contributed by atoms with Gasteiger partial charge in [-0.3, -0.25) is 24.0 Å². The van der Waals surface area contributed by atoms with Crippen LogP contribution in [0.2, 0.25) is 0 Å². The maximum atomic E-state index is 15.6. The second-order valence-corrected chi connectivity index (χ2v) is 13.7. The SMILES string of the molecule is CC(C(=O)N(C(F)C(F)F)C(F)C(F)F)c1ccc(NC(=O)C(NC(=O)c2ccnn2C(C)C)C(C2CCCCC2)C2CCCCC2)c(F)c1. The minimum absolute atomic E-state index is 0.139. The van der Waals surface area contributed by atoms with Crippen molar-refractivity contribution in [3.05, 3.63) is 47.5 Å². The normalized spacial score (nSPS) is 18.7. The molecule has 0 aliphatic heterocycles. The van der Waals surface area contributed by atoms with E-state index >= 15 is 4.39 Å². The molecule has 4 rings (SSSR count). The molecular weight excluding hydrogens is 671 g/mol. The molecule has 2 saturated carbocycles. The van der Waals surface area contributed by atoms with Gasteiger partial charge in [-0.2, -0.15) is 5.10 Å². The summed E-state index contributed by atoms with van der Waals surface area (Å²) in [5.74, 6) is -5.66. The Kier molecular flexibility index (Phi) is 13.7. The zero-order chi connectivity index (χ0) is 36.7. The fourth-order valence-corrected chi connectivity index (χ4v) is 7.53. The summed E-state index contributed by atoms with van der Waals surface area (Å²) in [6, 6.07) is 3.33. The van der Waals surface area contributed by atoms with Gasteiger partial charge < -0.3 is 10.6 Å². The van der Waals surface area contributed by atoms with Crippen LogP contribution in [0.5, 0.6) is 0 Å². The highest BCUT2D eigenvalue weighted by Gasteiger charge is 2.44. The molecule has 8 nitrogen and oxygen atoms in total. The number of hydrogen-bond acceptors (Lipinski definition) is 4. The van der Waals surface area contributed by atoms with E-state index in [4.69, 9.17) is 0 Å². The number of nitrogens with zero attached hydrogens (tertiary/aromatic N) is 3. The van der Waals surface area contributed by atoms with Crippen molar-refractivity contribution in [3.63, 3.8) is 0 Å². The van der Waals surface area contributed by atoms with E-state index in [-0.39, 0.29) is 40.7 Å². The number of halogens is 7. The standard InChI is InChI=1S/C35H46F7N5O3/c1-19(2)47-26(16-17-43-47)33(48)45-28(27(21-10-6-4-7-11-21)22-12-8-5-9-13-22)34(49)44-25-15-14-23(18-24(25)36)20(3)35(50)46(31(41)29(37)38)32(42)30(39)40/h14-22,27-32H,4-13H2,1-3H3,(H,44,49)(H,45,48). The Morgan fingerprint density at radius 1 is 0.820 bits per heavy atom. The monoisotopic (exact) mass is 717 g/mol. The Morgan fingerprint density at radius 3 is 1.84 bits per heavy atom. The highest BCUT2D eigenvalue weighted by atomic mass is 19.3. The second-order valence-electron chi connectivity index (χ2n) is 13.7. The van der Waals surface area contributed by atoms with Gasteiger partial charge in [0.15, 0.2) is 0 Å². The molecule has 0 saturated heterocycles. The van der Waals surface area contributed by atoms with Gasteiger partial charge in [-0.05, 0) is 62.3 Å². The number of alkyl halides is 6. The summed E-state index contributed by atoms with van der Waals surface area (Å²) in [4.78, 5) is 39.9. The van der Waals surface area contributed by atoms with Gasteiger partial charge >= 0.3 is 0 Å². The lowest BCUT2D eigenvalue weighted by Crippen LogP contribution is -2.53. The Labute approximate surface area is 287 Å². The van der Waals surface area contributed by atoms with Crippen molar-refractivity contribution >= 4 is 23.4 Å². The zero-order valence-electron chi connectivity index (χ0n) is 28.4. The third kappa shape index (κ3) is 9.17. The molecule has 2 aliphatic rings. The number of anilines is 1. The van der Waals surface area contributed by atoms with Crippen LogP contribution >= 0.6 is 0 Å². The first-order valence-corrected chi connectivity index (χ1v) is 17.3. The van der Waals surface area contributed by atoms with E-state index in [2.05, 4.69) is 15.7 Å². The third-order valence-electron chi connectivity index (χ3n) is 10.1. The summed E-state index contributed by atoms with van der Waals surface area (Å²) >= 11 is 0. The van der Waals surface area contributed by atoms with E-state index in [1.807, 2.05) is 13.8 Å². The molecule has 1 aromatic carbocycles. The largest absolute Gasteiger partial charge is 0.339 e. The molecule has 0 spiro atoms. The number of carbonyl (C=O) groups is 3. The lowest BCUT2D eigenvalue weighted by atomic mass is 9.66. The van der Waals surface area contributed by atoms with E-state index in [1.165, 1.54) is 6.20 Å². The van der Waals surface area contributed by atoms with E-state index < -0.39 is 65.8 Å². The maximum absolute atomic E-state index is 15.6. The predicted octanol–water partition coefficient (Wildman–Crippen LogP) is 8.17. The van der Waals surface area contributed by atoms with Crippen LogP contribution in [0.3, 0.4) is 0 Å². The molecule has 4 atom stereocenters. The highest BCUT2D eigenvalue weighted by Crippen LogP contribution is 2.42. The van der Waals surface area contributed by atoms with Crippen LogP contribution in [0.25, 0.3) is 0 Å². The average molecular weight is 718 g/mol. The van der Waals surface area contributed by atoms with Crippen LogP contribution in [0, 0.1) is 23.6 Å². The first-order valence-electron chi connectivity index (χ1n) is 17.3. The molecule has 15 heteroatoms. The molecule has 0 bridgehead atoms. The molecule has 1 aromatic heterocycles. The smallest absolute Gasteiger partial charge is 0.287 e. The molecular formula is C35H46F7N5O3. The quantitative estimate of drug-likeness (QED) is 0.152. The van der Waals surface area contributed by atoms with Gasteiger partial charge in [-0.1, -0.05) is 70.3 Å². The number of carbonyl (C=O) groups excluding carboxylic acids is 3. The van der Waals surface area contributed by atoms with E-state index in [0.29, 0.717) is 0 Å². The van der Waals surface area contributed by atoms with E-state index in [0.717, 1.165) is 89.3 Å². The molecule has 2 N–H and O–H groups in total. The van der Waals surface area contributed by atoms with Crippen molar-refractivity contribution in [2.45, 2.75) is 128 Å². The van der Waals surface area contributed by atoms with Crippen molar-refractivity contribution in [2.75, 3.05) is 5.32 Å². The number of amides is 3. The number of hydrogen-bond donors (Lipinski definition) is 2. The molecule has 50 heavy (non-hydrogen) atoms. The number of nitrogens with one attached hydrogen (secondary N) is 2. The number of aromatic nitrogens is 2. The third-order valence-corrected chi connectivity index (χ3v) is 10.1. The van der Waals surface area contributed by atoms with Gasteiger partial charge in [0.25, 0.3) is 18.8 Å². The summed E-state index contributed by atoms with van der Waals surface area (Å²) in [6.45, 7) is 4.73. The number of benzene rings is 1. The molecule has 0 radical (unpaired) electrons. The van der Waals surface area contributed by atoms with Gasteiger partial charge in [0, 0.05) is 12.2 Å². The summed E-state index contributed by atoms with van der Waals surface area (Å²) in [7, 11) is 0. The minimum atomic E-state index is -3.97. The van der Waals surface area contributed by atoms with Crippen LogP contribution in [-0.4, -0.2) is 63.9 Å². The van der Waals surface area contributed by atoms with Gasteiger partial charge in [0.2, 0.25) is 24.4 Å². The van der Waals surface area contributed by atoms with E-state index in [1.54, 1.807) is 10.7 Å². The van der Waals surface area contributed by atoms with E-state index in [9.17, 15) is 40.7 Å². The maximum Gasteiger partial charge on any atom is 0.287 e. The highest BCUT2D eigenvalue weighted by molar-refractivity contribution is 6.01. The molecule has 2 fully saturated rings. The summed E-state index contributed by atoms with van der Waals surface area (Å²) in [5, 5.41) is 9.78. The minimum Gasteiger partial charge on any atom is -0.339 e. The zero-order valence-corrected chi connectivity index (χ0v) is 28.4. The molecule has 2 aliphatic carbocycles. The van der Waals surface area contributed by atoms with Crippen LogP contribution in [-0.2, 0) is 9.59 Å². The molecule has 4 unspecified atom stereocenters. The number of rotatable bonds is 14. The summed E-state index contributed by atoms with van der Waals surface area (Å²) in [6.07, 6.45) is -4.14. The van der Waals surface area contributed by atoms with Crippen LogP contribution < -0.4 is 10.6 Å².